The van der Waals surface area contributed by atoms with E-state index in [1.165, 1.54) is 56.7 Å². The van der Waals surface area contributed by atoms with Gasteiger partial charge in [-0.1, -0.05) is 29.8 Å². The number of hydrogen-bond acceptors (Lipinski definition) is 6. The molecule has 0 bridgehead atoms. The highest BCUT2D eigenvalue weighted by atomic mass is 35.5. The fraction of sp³-hybridized carbons (Fsp3) is 0.321. The van der Waals surface area contributed by atoms with E-state index in [1.807, 2.05) is 13.0 Å². The van der Waals surface area contributed by atoms with Gasteiger partial charge in [-0.3, -0.25) is 9.10 Å². The zero-order chi connectivity index (χ0) is 27.4. The van der Waals surface area contributed by atoms with Crippen LogP contribution in [-0.2, 0) is 27.7 Å². The van der Waals surface area contributed by atoms with Gasteiger partial charge in [0.1, 0.15) is 12.3 Å². The molecule has 4 rings (SSSR count). The average molecular weight is 559 g/mol. The Morgan fingerprint density at radius 2 is 1.61 bits per heavy atom. The Bertz CT molecular complexity index is 1440. The van der Waals surface area contributed by atoms with Gasteiger partial charge in [0.25, 0.3) is 10.0 Å². The summed E-state index contributed by atoms with van der Waals surface area (Å²) in [5, 5.41) is 3.23. The van der Waals surface area contributed by atoms with Crippen molar-refractivity contribution in [2.75, 3.05) is 32.2 Å². The van der Waals surface area contributed by atoms with Crippen molar-refractivity contribution in [2.45, 2.75) is 37.1 Å². The first-order valence-corrected chi connectivity index (χ1v) is 14.0. The van der Waals surface area contributed by atoms with Crippen molar-refractivity contribution in [2.24, 2.45) is 0 Å². The van der Waals surface area contributed by atoms with Gasteiger partial charge in [0, 0.05) is 11.1 Å². The number of hydrogen-bond donors (Lipinski definition) is 1. The zero-order valence-electron chi connectivity index (χ0n) is 21.8. The summed E-state index contributed by atoms with van der Waals surface area (Å²) in [6.07, 6.45) is 3.22. The van der Waals surface area contributed by atoms with E-state index < -0.39 is 22.5 Å². The molecule has 1 N–H and O–H groups in total. The molecular weight excluding hydrogens is 528 g/mol. The number of halogens is 1. The van der Waals surface area contributed by atoms with E-state index in [9.17, 15) is 13.2 Å². The van der Waals surface area contributed by atoms with E-state index in [0.717, 1.165) is 29.1 Å². The van der Waals surface area contributed by atoms with Gasteiger partial charge in [0.15, 0.2) is 11.5 Å². The van der Waals surface area contributed by atoms with E-state index in [0.29, 0.717) is 10.8 Å². The molecule has 0 aliphatic heterocycles. The van der Waals surface area contributed by atoms with Crippen LogP contribution in [0.2, 0.25) is 5.02 Å². The Balaban J connectivity index is 1.68. The van der Waals surface area contributed by atoms with Crippen LogP contribution in [-0.4, -0.2) is 42.2 Å². The van der Waals surface area contributed by atoms with Crippen LogP contribution >= 0.6 is 11.6 Å². The van der Waals surface area contributed by atoms with Gasteiger partial charge in [-0.2, -0.15) is 0 Å². The summed E-state index contributed by atoms with van der Waals surface area (Å²) < 4.78 is 44.9. The molecule has 0 saturated carbocycles. The van der Waals surface area contributed by atoms with Gasteiger partial charge in [0.2, 0.25) is 5.91 Å². The highest BCUT2D eigenvalue weighted by Crippen LogP contribution is 2.37. The molecule has 202 valence electrons. The van der Waals surface area contributed by atoms with Crippen LogP contribution in [0.15, 0.2) is 59.5 Å². The molecule has 0 saturated heterocycles. The summed E-state index contributed by atoms with van der Waals surface area (Å²) in [4.78, 5) is 13.2. The van der Waals surface area contributed by atoms with Crippen LogP contribution in [0, 0.1) is 0 Å². The quantitative estimate of drug-likeness (QED) is 0.379. The van der Waals surface area contributed by atoms with E-state index in [2.05, 4.69) is 17.4 Å². The third-order valence-corrected chi connectivity index (χ3v) is 8.63. The Morgan fingerprint density at radius 3 is 2.32 bits per heavy atom. The standard InChI is InChI=1S/C28H31ClN2O6S/c1-18(20-9-8-19-6-5-7-21(19)14-20)30-28(32)17-31(24-15-22(29)10-12-25(24)35-2)38(33,34)23-11-13-26(36-3)27(16-23)37-4/h8-16,18H,5-7,17H2,1-4H3,(H,30,32). The minimum Gasteiger partial charge on any atom is -0.495 e. The number of nitrogens with zero attached hydrogens (tertiary/aromatic N) is 1. The number of sulfonamides is 1. The zero-order valence-corrected chi connectivity index (χ0v) is 23.4. The Labute approximate surface area is 228 Å². The number of rotatable bonds is 10. The second-order valence-corrected chi connectivity index (χ2v) is 11.3. The summed E-state index contributed by atoms with van der Waals surface area (Å²) in [5.41, 5.74) is 3.74. The molecule has 0 heterocycles. The lowest BCUT2D eigenvalue weighted by molar-refractivity contribution is -0.120. The Kier molecular flexibility index (Phi) is 8.38. The van der Waals surface area contributed by atoms with Gasteiger partial charge >= 0.3 is 0 Å². The van der Waals surface area contributed by atoms with E-state index >= 15 is 0 Å². The maximum atomic E-state index is 14.0. The number of nitrogens with one attached hydrogen (secondary N) is 1. The van der Waals surface area contributed by atoms with Gasteiger partial charge < -0.3 is 19.5 Å². The largest absolute Gasteiger partial charge is 0.495 e. The SMILES string of the molecule is COc1ccc(S(=O)(=O)N(CC(=O)NC(C)c2ccc3c(c2)CCC3)c2cc(Cl)ccc2OC)cc1OC. The van der Waals surface area contributed by atoms with Crippen molar-refractivity contribution in [1.29, 1.82) is 0 Å². The maximum Gasteiger partial charge on any atom is 0.265 e. The first-order valence-electron chi connectivity index (χ1n) is 12.2. The summed E-state index contributed by atoms with van der Waals surface area (Å²) >= 11 is 6.23. The van der Waals surface area contributed by atoms with Crippen molar-refractivity contribution >= 4 is 33.2 Å². The van der Waals surface area contributed by atoms with E-state index in [4.69, 9.17) is 25.8 Å². The van der Waals surface area contributed by atoms with Crippen molar-refractivity contribution in [3.63, 3.8) is 0 Å². The maximum absolute atomic E-state index is 14.0. The first kappa shape index (κ1) is 27.6. The third kappa shape index (κ3) is 5.68. The predicted molar refractivity (Wildman–Crippen MR) is 147 cm³/mol. The van der Waals surface area contributed by atoms with Crippen LogP contribution in [0.4, 0.5) is 5.69 Å². The second-order valence-electron chi connectivity index (χ2n) is 9.02. The molecule has 3 aromatic carbocycles. The van der Waals surface area contributed by atoms with Crippen LogP contribution < -0.4 is 23.8 Å². The molecular formula is C28H31ClN2O6S. The predicted octanol–water partition coefficient (Wildman–Crippen LogP) is 4.93. The molecule has 1 unspecified atom stereocenters. The molecule has 1 atom stereocenters. The normalized spacial score (nSPS) is 13.4. The highest BCUT2D eigenvalue weighted by Gasteiger charge is 2.31. The molecule has 0 spiro atoms. The molecule has 1 amide bonds. The summed E-state index contributed by atoms with van der Waals surface area (Å²) in [5.74, 6) is 0.377. The smallest absolute Gasteiger partial charge is 0.265 e. The molecule has 0 aromatic heterocycles. The van der Waals surface area contributed by atoms with Crippen LogP contribution in [0.1, 0.15) is 36.1 Å². The summed E-state index contributed by atoms with van der Waals surface area (Å²) in [6, 6.07) is 14.7. The number of carbonyl (C=O) groups excluding carboxylic acids is 1. The van der Waals surface area contributed by atoms with Gasteiger partial charge in [0.05, 0.1) is 38.0 Å². The molecule has 8 nitrogen and oxygen atoms in total. The minimum atomic E-state index is -4.27. The summed E-state index contributed by atoms with van der Waals surface area (Å²) in [7, 11) is 0.0308. The average Bonchev–Trinajstić information content (AvgIpc) is 3.39. The molecule has 1 aliphatic carbocycles. The Hall–Kier alpha value is -3.43. The molecule has 38 heavy (non-hydrogen) atoms. The number of aryl methyl sites for hydroxylation is 2. The van der Waals surface area contributed by atoms with Gasteiger partial charge in [-0.05, 0) is 73.2 Å². The number of methoxy groups -OCH3 is 3. The fourth-order valence-corrected chi connectivity index (χ4v) is 6.23. The van der Waals surface area contributed by atoms with Crippen molar-refractivity contribution < 1.29 is 27.4 Å². The minimum absolute atomic E-state index is 0.0864. The summed E-state index contributed by atoms with van der Waals surface area (Å²) in [6.45, 7) is 1.38. The van der Waals surface area contributed by atoms with Crippen molar-refractivity contribution in [3.8, 4) is 17.2 Å². The lowest BCUT2D eigenvalue weighted by Gasteiger charge is -2.27. The second kappa shape index (κ2) is 11.5. The van der Waals surface area contributed by atoms with Crippen LogP contribution in [0.5, 0.6) is 17.2 Å². The van der Waals surface area contributed by atoms with Crippen molar-refractivity contribution in [3.05, 3.63) is 76.3 Å². The van der Waals surface area contributed by atoms with Crippen LogP contribution in [0.25, 0.3) is 0 Å². The van der Waals surface area contributed by atoms with Crippen LogP contribution in [0.3, 0.4) is 0 Å². The number of fused-ring (bicyclic) bond motifs is 1. The molecule has 0 fully saturated rings. The molecule has 10 heteroatoms. The number of ether oxygens (including phenoxy) is 3. The lowest BCUT2D eigenvalue weighted by atomic mass is 10.0. The number of carbonyl (C=O) groups is 1. The molecule has 0 radical (unpaired) electrons. The number of anilines is 1. The van der Waals surface area contributed by atoms with E-state index in [-0.39, 0.29) is 28.1 Å². The number of amides is 1. The first-order chi connectivity index (χ1) is 18.2. The number of benzene rings is 3. The topological polar surface area (TPSA) is 94.2 Å². The highest BCUT2D eigenvalue weighted by molar-refractivity contribution is 7.92. The Morgan fingerprint density at radius 1 is 0.921 bits per heavy atom. The van der Waals surface area contributed by atoms with Crippen molar-refractivity contribution in [1.82, 2.24) is 5.32 Å². The third-order valence-electron chi connectivity index (χ3n) is 6.64. The monoisotopic (exact) mass is 558 g/mol. The van der Waals surface area contributed by atoms with Gasteiger partial charge in [-0.25, -0.2) is 8.42 Å². The fourth-order valence-electron chi connectivity index (χ4n) is 4.62. The molecule has 1 aliphatic rings. The lowest BCUT2D eigenvalue weighted by Crippen LogP contribution is -2.41. The molecule has 3 aromatic rings. The van der Waals surface area contributed by atoms with Gasteiger partial charge in [-0.15, -0.1) is 0 Å². The van der Waals surface area contributed by atoms with E-state index in [1.54, 1.807) is 12.1 Å².